The zero-order chi connectivity index (χ0) is 11.7. The SMILES string of the molecule is CC(C)(CO)NC(=O)C1(C)COCC1N. The van der Waals surface area contributed by atoms with Crippen LogP contribution in [-0.4, -0.2) is 42.4 Å². The average molecular weight is 216 g/mol. The van der Waals surface area contributed by atoms with Crippen LogP contribution in [0.5, 0.6) is 0 Å². The van der Waals surface area contributed by atoms with E-state index in [1.165, 1.54) is 0 Å². The molecular weight excluding hydrogens is 196 g/mol. The maximum absolute atomic E-state index is 12.0. The van der Waals surface area contributed by atoms with E-state index in [0.29, 0.717) is 13.2 Å². The number of carbonyl (C=O) groups excluding carboxylic acids is 1. The molecule has 1 fully saturated rings. The van der Waals surface area contributed by atoms with Gasteiger partial charge >= 0.3 is 0 Å². The Kier molecular flexibility index (Phi) is 3.38. The van der Waals surface area contributed by atoms with E-state index in [1.807, 2.05) is 0 Å². The van der Waals surface area contributed by atoms with E-state index in [-0.39, 0.29) is 18.6 Å². The standard InChI is InChI=1S/C10H20N2O3/c1-9(2,5-13)12-8(14)10(3)6-15-4-7(10)11/h7,13H,4-6,11H2,1-3H3,(H,12,14). The Morgan fingerprint density at radius 2 is 2.33 bits per heavy atom. The number of hydrogen-bond acceptors (Lipinski definition) is 4. The zero-order valence-corrected chi connectivity index (χ0v) is 9.54. The van der Waals surface area contributed by atoms with Crippen LogP contribution in [0, 0.1) is 5.41 Å². The maximum Gasteiger partial charge on any atom is 0.230 e. The van der Waals surface area contributed by atoms with Gasteiger partial charge < -0.3 is 20.9 Å². The van der Waals surface area contributed by atoms with Gasteiger partial charge in [0.05, 0.1) is 30.8 Å². The lowest BCUT2D eigenvalue weighted by Crippen LogP contribution is -2.56. The highest BCUT2D eigenvalue weighted by atomic mass is 16.5. The molecule has 0 radical (unpaired) electrons. The van der Waals surface area contributed by atoms with E-state index in [4.69, 9.17) is 15.6 Å². The van der Waals surface area contributed by atoms with Gasteiger partial charge in [0.25, 0.3) is 0 Å². The third kappa shape index (κ3) is 2.48. The van der Waals surface area contributed by atoms with Gasteiger partial charge in [-0.25, -0.2) is 0 Å². The fourth-order valence-electron chi connectivity index (χ4n) is 1.41. The minimum atomic E-state index is -0.688. The number of amides is 1. The number of hydrogen-bond donors (Lipinski definition) is 3. The molecule has 0 aromatic heterocycles. The van der Waals surface area contributed by atoms with Crippen LogP contribution in [0.4, 0.5) is 0 Å². The first-order valence-electron chi connectivity index (χ1n) is 5.09. The van der Waals surface area contributed by atoms with Crippen LogP contribution in [0.25, 0.3) is 0 Å². The molecule has 0 aromatic carbocycles. The molecule has 1 heterocycles. The minimum Gasteiger partial charge on any atom is -0.394 e. The summed E-state index contributed by atoms with van der Waals surface area (Å²) in [4.78, 5) is 12.0. The van der Waals surface area contributed by atoms with Crippen LogP contribution in [0.1, 0.15) is 20.8 Å². The molecule has 0 saturated carbocycles. The van der Waals surface area contributed by atoms with Crippen LogP contribution < -0.4 is 11.1 Å². The minimum absolute atomic E-state index is 0.106. The van der Waals surface area contributed by atoms with Crippen LogP contribution in [0.3, 0.4) is 0 Å². The number of rotatable bonds is 3. The summed E-state index contributed by atoms with van der Waals surface area (Å²) >= 11 is 0. The summed E-state index contributed by atoms with van der Waals surface area (Å²) in [6, 6.07) is -0.285. The normalized spacial score (nSPS) is 31.7. The maximum atomic E-state index is 12.0. The van der Waals surface area contributed by atoms with Crippen LogP contribution in [0.2, 0.25) is 0 Å². The van der Waals surface area contributed by atoms with Crippen molar-refractivity contribution in [3.05, 3.63) is 0 Å². The first-order chi connectivity index (χ1) is 6.82. The largest absolute Gasteiger partial charge is 0.394 e. The molecule has 2 atom stereocenters. The van der Waals surface area contributed by atoms with Crippen molar-refractivity contribution in [3.63, 3.8) is 0 Å². The Hall–Kier alpha value is -0.650. The fraction of sp³-hybridized carbons (Fsp3) is 0.900. The molecule has 0 spiro atoms. The van der Waals surface area contributed by atoms with Crippen molar-refractivity contribution in [2.45, 2.75) is 32.4 Å². The lowest BCUT2D eigenvalue weighted by Gasteiger charge is -2.31. The van der Waals surface area contributed by atoms with E-state index in [1.54, 1.807) is 20.8 Å². The first kappa shape index (κ1) is 12.4. The number of nitrogens with one attached hydrogen (secondary N) is 1. The van der Waals surface area contributed by atoms with Gasteiger partial charge in [-0.1, -0.05) is 0 Å². The average Bonchev–Trinajstić information content (AvgIpc) is 2.48. The predicted molar refractivity (Wildman–Crippen MR) is 56.2 cm³/mol. The number of nitrogens with two attached hydrogens (primary N) is 1. The molecule has 5 nitrogen and oxygen atoms in total. The zero-order valence-electron chi connectivity index (χ0n) is 9.54. The topological polar surface area (TPSA) is 84.6 Å². The van der Waals surface area contributed by atoms with Gasteiger partial charge in [0.15, 0.2) is 0 Å². The molecule has 1 rings (SSSR count). The summed E-state index contributed by atoms with van der Waals surface area (Å²) in [5.74, 6) is -0.161. The molecule has 88 valence electrons. The third-order valence-corrected chi connectivity index (χ3v) is 2.88. The molecule has 15 heavy (non-hydrogen) atoms. The molecule has 4 N–H and O–H groups in total. The third-order valence-electron chi connectivity index (χ3n) is 2.88. The monoisotopic (exact) mass is 216 g/mol. The smallest absolute Gasteiger partial charge is 0.230 e. The Bertz CT molecular complexity index is 255. The molecule has 0 aliphatic carbocycles. The molecule has 1 aliphatic heterocycles. The van der Waals surface area contributed by atoms with Crippen molar-refractivity contribution in [1.29, 1.82) is 0 Å². The highest BCUT2D eigenvalue weighted by Gasteiger charge is 2.45. The second-order valence-electron chi connectivity index (χ2n) is 5.04. The van der Waals surface area contributed by atoms with E-state index in [2.05, 4.69) is 5.32 Å². The molecule has 0 aromatic rings. The number of ether oxygens (including phenoxy) is 1. The first-order valence-corrected chi connectivity index (χ1v) is 5.09. The summed E-state index contributed by atoms with van der Waals surface area (Å²) in [7, 11) is 0. The molecule has 0 bridgehead atoms. The Morgan fingerprint density at radius 1 is 1.73 bits per heavy atom. The Labute approximate surface area is 90.0 Å². The summed E-state index contributed by atoms with van der Waals surface area (Å²) in [5.41, 5.74) is 4.52. The van der Waals surface area contributed by atoms with Crippen molar-refractivity contribution in [1.82, 2.24) is 5.32 Å². The number of aliphatic hydroxyl groups excluding tert-OH is 1. The van der Waals surface area contributed by atoms with Crippen molar-refractivity contribution < 1.29 is 14.6 Å². The highest BCUT2D eigenvalue weighted by molar-refractivity contribution is 5.84. The summed E-state index contributed by atoms with van der Waals surface area (Å²) in [5, 5.41) is 11.8. The number of carbonyl (C=O) groups is 1. The van der Waals surface area contributed by atoms with Crippen molar-refractivity contribution in [3.8, 4) is 0 Å². The lowest BCUT2D eigenvalue weighted by atomic mass is 9.84. The van der Waals surface area contributed by atoms with Crippen LogP contribution in [0.15, 0.2) is 0 Å². The van der Waals surface area contributed by atoms with Gasteiger partial charge in [0.1, 0.15) is 0 Å². The van der Waals surface area contributed by atoms with Gasteiger partial charge in [0, 0.05) is 6.04 Å². The van der Waals surface area contributed by atoms with Gasteiger partial charge in [-0.3, -0.25) is 4.79 Å². The van der Waals surface area contributed by atoms with E-state index >= 15 is 0 Å². The molecule has 5 heteroatoms. The molecule has 1 saturated heterocycles. The highest BCUT2D eigenvalue weighted by Crippen LogP contribution is 2.27. The summed E-state index contributed by atoms with van der Waals surface area (Å²) < 4.78 is 5.19. The van der Waals surface area contributed by atoms with Gasteiger partial charge in [-0.05, 0) is 20.8 Å². The van der Waals surface area contributed by atoms with Gasteiger partial charge in [-0.2, -0.15) is 0 Å². The van der Waals surface area contributed by atoms with Crippen LogP contribution >= 0.6 is 0 Å². The summed E-state index contributed by atoms with van der Waals surface area (Å²) in [6.45, 7) is 5.94. The second-order valence-corrected chi connectivity index (χ2v) is 5.04. The fourth-order valence-corrected chi connectivity index (χ4v) is 1.41. The predicted octanol–water partition coefficient (Wildman–Crippen LogP) is -0.763. The van der Waals surface area contributed by atoms with Crippen molar-refractivity contribution in [2.75, 3.05) is 19.8 Å². The molecule has 2 unspecified atom stereocenters. The summed E-state index contributed by atoms with van der Waals surface area (Å²) in [6.07, 6.45) is 0. The lowest BCUT2D eigenvalue weighted by molar-refractivity contribution is -0.132. The van der Waals surface area contributed by atoms with E-state index < -0.39 is 11.0 Å². The van der Waals surface area contributed by atoms with Gasteiger partial charge in [-0.15, -0.1) is 0 Å². The van der Waals surface area contributed by atoms with E-state index in [0.717, 1.165) is 0 Å². The second kappa shape index (κ2) is 4.08. The molecular formula is C10H20N2O3. The number of aliphatic hydroxyl groups is 1. The van der Waals surface area contributed by atoms with E-state index in [9.17, 15) is 4.79 Å². The van der Waals surface area contributed by atoms with Gasteiger partial charge in [0.2, 0.25) is 5.91 Å². The van der Waals surface area contributed by atoms with Crippen molar-refractivity contribution >= 4 is 5.91 Å². The van der Waals surface area contributed by atoms with Crippen molar-refractivity contribution in [2.24, 2.45) is 11.1 Å². The molecule has 1 amide bonds. The Balaban J connectivity index is 2.68. The quantitative estimate of drug-likeness (QED) is 0.579. The molecule has 1 aliphatic rings. The van der Waals surface area contributed by atoms with Crippen LogP contribution in [-0.2, 0) is 9.53 Å². The Morgan fingerprint density at radius 3 is 2.73 bits per heavy atom.